The Hall–Kier alpha value is -0.420. The zero-order chi connectivity index (χ0) is 8.57. The second kappa shape index (κ2) is 8.58. The average molecular weight is 171 g/mol. The second-order valence-electron chi connectivity index (χ2n) is 1.21. The number of likely N-dealkylation sites (N-methyl/N-ethyl adjacent to an activating group) is 1. The zero-order valence-electron chi connectivity index (χ0n) is 5.37. The van der Waals surface area contributed by atoms with Crippen LogP contribution in [-0.4, -0.2) is 34.5 Å². The quantitative estimate of drug-likeness (QED) is 0.383. The van der Waals surface area contributed by atoms with Gasteiger partial charge >= 0.3 is 14.2 Å². The Kier molecular flexibility index (Phi) is 10.5. The number of carbonyl (C=O) groups is 1. The van der Waals surface area contributed by atoms with Gasteiger partial charge in [0.05, 0.1) is 6.54 Å². The summed E-state index contributed by atoms with van der Waals surface area (Å²) >= 11 is 0. The molecule has 0 aromatic rings. The first-order valence-electron chi connectivity index (χ1n) is 2.29. The van der Waals surface area contributed by atoms with E-state index in [0.29, 0.717) is 0 Å². The highest BCUT2D eigenvalue weighted by molar-refractivity contribution is 7.30. The molecule has 0 aliphatic rings. The SMILES string of the molecule is CNCC(=O)O.O=[PH](O)O. The molecule has 7 heteroatoms. The molecule has 0 rings (SSSR count). The number of carboxylic acids is 1. The summed E-state index contributed by atoms with van der Waals surface area (Å²) < 4.78 is 8.74. The van der Waals surface area contributed by atoms with Crippen molar-refractivity contribution in [3.05, 3.63) is 0 Å². The normalized spacial score (nSPS) is 8.40. The van der Waals surface area contributed by atoms with Crippen LogP contribution in [0.5, 0.6) is 0 Å². The van der Waals surface area contributed by atoms with E-state index in [9.17, 15) is 4.79 Å². The maximum atomic E-state index is 9.54. The van der Waals surface area contributed by atoms with Crippen molar-refractivity contribution in [3.63, 3.8) is 0 Å². The third kappa shape index (κ3) is 49.3. The Morgan fingerprint density at radius 3 is 1.90 bits per heavy atom. The van der Waals surface area contributed by atoms with Crippen molar-refractivity contribution in [2.75, 3.05) is 13.6 Å². The standard InChI is InChI=1S/C3H7NO2.H3O3P/c1-4-2-3(5)6;1-4(2)3/h4H,2H2,1H3,(H,5,6);4H,(H2,1,2,3). The zero-order valence-corrected chi connectivity index (χ0v) is 6.37. The highest BCUT2D eigenvalue weighted by Crippen LogP contribution is 1.98. The van der Waals surface area contributed by atoms with E-state index in [-0.39, 0.29) is 6.54 Å². The number of aliphatic carboxylic acids is 1. The first-order valence-corrected chi connectivity index (χ1v) is 3.59. The molecular formula is C3H10NO5P. The number of nitrogens with one attached hydrogen (secondary N) is 1. The Balaban J connectivity index is 0. The molecule has 0 amide bonds. The minimum absolute atomic E-state index is 0.0417. The van der Waals surface area contributed by atoms with Gasteiger partial charge in [-0.15, -0.1) is 0 Å². The first-order chi connectivity index (χ1) is 4.50. The first kappa shape index (κ1) is 12.3. The van der Waals surface area contributed by atoms with Crippen LogP contribution in [0.4, 0.5) is 0 Å². The molecule has 0 heterocycles. The highest BCUT2D eigenvalue weighted by Gasteiger charge is 1.86. The Labute approximate surface area is 58.4 Å². The highest BCUT2D eigenvalue weighted by atomic mass is 31.1. The fourth-order valence-corrected chi connectivity index (χ4v) is 0.151. The molecule has 0 spiro atoms. The summed E-state index contributed by atoms with van der Waals surface area (Å²) in [5.41, 5.74) is 0. The van der Waals surface area contributed by atoms with E-state index in [1.165, 1.54) is 0 Å². The van der Waals surface area contributed by atoms with E-state index in [2.05, 4.69) is 5.32 Å². The largest absolute Gasteiger partial charge is 0.480 e. The minimum atomic E-state index is -3.13. The van der Waals surface area contributed by atoms with Gasteiger partial charge in [0.25, 0.3) is 0 Å². The number of hydrogen-bond acceptors (Lipinski definition) is 3. The van der Waals surface area contributed by atoms with Gasteiger partial charge in [-0.1, -0.05) is 0 Å². The topological polar surface area (TPSA) is 107 Å². The Morgan fingerprint density at radius 1 is 1.60 bits per heavy atom. The van der Waals surface area contributed by atoms with Crippen LogP contribution < -0.4 is 5.32 Å². The van der Waals surface area contributed by atoms with Crippen LogP contribution in [0.2, 0.25) is 0 Å². The molecule has 0 saturated heterocycles. The van der Waals surface area contributed by atoms with Crippen molar-refractivity contribution in [2.45, 2.75) is 0 Å². The molecule has 0 saturated carbocycles. The molecule has 0 unspecified atom stereocenters. The van der Waals surface area contributed by atoms with Crippen LogP contribution in [-0.2, 0) is 9.36 Å². The molecule has 0 radical (unpaired) electrons. The lowest BCUT2D eigenvalue weighted by molar-refractivity contribution is -0.135. The van der Waals surface area contributed by atoms with Gasteiger partial charge in [-0.25, -0.2) is 0 Å². The molecule has 0 aromatic carbocycles. The van der Waals surface area contributed by atoms with Gasteiger partial charge in [-0.05, 0) is 7.05 Å². The molecule has 0 aliphatic heterocycles. The number of hydrogen-bond donors (Lipinski definition) is 4. The molecule has 4 N–H and O–H groups in total. The predicted molar refractivity (Wildman–Crippen MR) is 35.0 cm³/mol. The fourth-order valence-electron chi connectivity index (χ4n) is 0.151. The summed E-state index contributed by atoms with van der Waals surface area (Å²) in [4.78, 5) is 23.9. The second-order valence-corrected chi connectivity index (χ2v) is 1.77. The van der Waals surface area contributed by atoms with Crippen molar-refractivity contribution >= 4 is 14.2 Å². The van der Waals surface area contributed by atoms with Gasteiger partial charge < -0.3 is 20.2 Å². The average Bonchev–Trinajstić information content (AvgIpc) is 1.62. The van der Waals surface area contributed by atoms with E-state index >= 15 is 0 Å². The maximum Gasteiger partial charge on any atom is 0.317 e. The van der Waals surface area contributed by atoms with Gasteiger partial charge in [0.1, 0.15) is 0 Å². The third-order valence-electron chi connectivity index (χ3n) is 0.328. The van der Waals surface area contributed by atoms with Crippen molar-refractivity contribution in [2.24, 2.45) is 0 Å². The third-order valence-corrected chi connectivity index (χ3v) is 0.328. The summed E-state index contributed by atoms with van der Waals surface area (Å²) in [6, 6.07) is 0. The number of carboxylic acid groups (broad SMARTS) is 1. The minimum Gasteiger partial charge on any atom is -0.480 e. The Bertz CT molecular complexity index is 111. The maximum absolute atomic E-state index is 9.54. The summed E-state index contributed by atoms with van der Waals surface area (Å²) in [5, 5.41) is 10.3. The van der Waals surface area contributed by atoms with E-state index in [0.717, 1.165) is 0 Å². The van der Waals surface area contributed by atoms with E-state index in [4.69, 9.17) is 19.5 Å². The molecule has 0 bridgehead atoms. The lowest BCUT2D eigenvalue weighted by Crippen LogP contribution is -2.16. The van der Waals surface area contributed by atoms with E-state index in [1.54, 1.807) is 7.05 Å². The van der Waals surface area contributed by atoms with Crippen LogP contribution in [0.1, 0.15) is 0 Å². The van der Waals surface area contributed by atoms with Gasteiger partial charge in [0.2, 0.25) is 0 Å². The van der Waals surface area contributed by atoms with E-state index < -0.39 is 14.2 Å². The molecular weight excluding hydrogens is 161 g/mol. The fraction of sp³-hybridized carbons (Fsp3) is 0.667. The number of rotatable bonds is 2. The lowest BCUT2D eigenvalue weighted by Gasteiger charge is -1.84. The summed E-state index contributed by atoms with van der Waals surface area (Å²) in [7, 11) is -1.54. The predicted octanol–water partition coefficient (Wildman–Crippen LogP) is -1.35. The molecule has 0 atom stereocenters. The van der Waals surface area contributed by atoms with Crippen molar-refractivity contribution in [1.29, 1.82) is 0 Å². The molecule has 10 heavy (non-hydrogen) atoms. The molecule has 6 nitrogen and oxygen atoms in total. The van der Waals surface area contributed by atoms with E-state index in [1.807, 2.05) is 0 Å². The summed E-state index contributed by atoms with van der Waals surface area (Å²) in [5.74, 6) is -0.822. The van der Waals surface area contributed by atoms with Crippen molar-refractivity contribution in [1.82, 2.24) is 5.32 Å². The van der Waals surface area contributed by atoms with Crippen LogP contribution in [0.3, 0.4) is 0 Å². The van der Waals surface area contributed by atoms with Gasteiger partial charge in [-0.2, -0.15) is 0 Å². The Morgan fingerprint density at radius 2 is 1.90 bits per heavy atom. The van der Waals surface area contributed by atoms with Crippen LogP contribution in [0, 0.1) is 0 Å². The molecule has 62 valence electrons. The van der Waals surface area contributed by atoms with Gasteiger partial charge in [0, 0.05) is 0 Å². The van der Waals surface area contributed by atoms with Crippen LogP contribution in [0.25, 0.3) is 0 Å². The molecule has 0 aromatic heterocycles. The summed E-state index contributed by atoms with van der Waals surface area (Å²) in [6.07, 6.45) is 0. The monoisotopic (exact) mass is 171 g/mol. The summed E-state index contributed by atoms with van der Waals surface area (Å²) in [6.45, 7) is 0.0417. The molecule has 0 fully saturated rings. The van der Waals surface area contributed by atoms with Gasteiger partial charge in [0.15, 0.2) is 0 Å². The van der Waals surface area contributed by atoms with Crippen molar-refractivity contribution < 1.29 is 24.3 Å². The van der Waals surface area contributed by atoms with Crippen LogP contribution >= 0.6 is 8.25 Å². The smallest absolute Gasteiger partial charge is 0.317 e. The van der Waals surface area contributed by atoms with Crippen molar-refractivity contribution in [3.8, 4) is 0 Å². The molecule has 0 aliphatic carbocycles. The van der Waals surface area contributed by atoms with Crippen LogP contribution in [0.15, 0.2) is 0 Å². The lowest BCUT2D eigenvalue weighted by atomic mass is 10.7. The van der Waals surface area contributed by atoms with Gasteiger partial charge in [-0.3, -0.25) is 9.36 Å².